The highest BCUT2D eigenvalue weighted by atomic mass is 16.4. The molecule has 0 fully saturated rings. The first-order valence-electron chi connectivity index (χ1n) is 4.30. The number of carbonyl (C=O) groups is 1. The van der Waals surface area contributed by atoms with E-state index in [1.165, 1.54) is 0 Å². The molecule has 0 saturated carbocycles. The minimum atomic E-state index is -0.913. The van der Waals surface area contributed by atoms with Crippen LogP contribution in [0.5, 0.6) is 0 Å². The average molecular weight is 179 g/mol. The first-order valence-corrected chi connectivity index (χ1v) is 4.30. The van der Waals surface area contributed by atoms with E-state index in [2.05, 4.69) is 6.92 Å². The molecule has 1 aromatic rings. The number of carboxylic acids is 1. The number of hydrogen-bond acceptors (Lipinski definition) is 1. The monoisotopic (exact) mass is 179 g/mol. The second-order valence-electron chi connectivity index (χ2n) is 2.80. The number of hydrogen-bond donors (Lipinski definition) is 1. The molecular formula is C10H13NO2. The summed E-state index contributed by atoms with van der Waals surface area (Å²) in [6, 6.07) is 3.81. The van der Waals surface area contributed by atoms with Crippen molar-refractivity contribution in [3.05, 3.63) is 30.1 Å². The summed E-state index contributed by atoms with van der Waals surface area (Å²) in [4.78, 5) is 10.3. The number of rotatable bonds is 4. The van der Waals surface area contributed by atoms with Crippen molar-refractivity contribution in [1.82, 2.24) is 4.57 Å². The van der Waals surface area contributed by atoms with Gasteiger partial charge in [-0.2, -0.15) is 0 Å². The Balaban J connectivity index is 2.75. The lowest BCUT2D eigenvalue weighted by molar-refractivity contribution is -0.131. The largest absolute Gasteiger partial charge is 0.478 e. The quantitative estimate of drug-likeness (QED) is 0.718. The summed E-state index contributed by atoms with van der Waals surface area (Å²) >= 11 is 0. The van der Waals surface area contributed by atoms with Crippen molar-refractivity contribution in [3.8, 4) is 0 Å². The lowest BCUT2D eigenvalue weighted by atomic mass is 10.3. The molecule has 0 saturated heterocycles. The van der Waals surface area contributed by atoms with Gasteiger partial charge in [0.05, 0.1) is 0 Å². The standard InChI is InChI=1S/C10H13NO2/c1-2-7-11-8-3-4-9(11)5-6-10(12)13/h3-6,8H,2,7H2,1H3,(H,12,13). The van der Waals surface area contributed by atoms with E-state index in [0.29, 0.717) is 0 Å². The Kier molecular flexibility index (Phi) is 3.31. The van der Waals surface area contributed by atoms with Crippen LogP contribution in [-0.4, -0.2) is 15.6 Å². The van der Waals surface area contributed by atoms with Crippen molar-refractivity contribution >= 4 is 12.0 Å². The SMILES string of the molecule is CCCn1cccc1C=CC(=O)O. The fourth-order valence-electron chi connectivity index (χ4n) is 1.18. The maximum absolute atomic E-state index is 10.3. The maximum atomic E-state index is 10.3. The summed E-state index contributed by atoms with van der Waals surface area (Å²) in [7, 11) is 0. The summed E-state index contributed by atoms with van der Waals surface area (Å²) < 4.78 is 2.03. The number of carboxylic acid groups (broad SMARTS) is 1. The van der Waals surface area contributed by atoms with Gasteiger partial charge in [-0.1, -0.05) is 6.92 Å². The van der Waals surface area contributed by atoms with Crippen molar-refractivity contribution in [1.29, 1.82) is 0 Å². The third kappa shape index (κ3) is 2.78. The van der Waals surface area contributed by atoms with Crippen LogP contribution in [0.4, 0.5) is 0 Å². The topological polar surface area (TPSA) is 42.2 Å². The van der Waals surface area contributed by atoms with E-state index in [9.17, 15) is 4.79 Å². The number of aryl methyl sites for hydroxylation is 1. The molecule has 0 aromatic carbocycles. The fraction of sp³-hybridized carbons (Fsp3) is 0.300. The Hall–Kier alpha value is -1.51. The van der Waals surface area contributed by atoms with Gasteiger partial charge < -0.3 is 9.67 Å². The van der Waals surface area contributed by atoms with Crippen molar-refractivity contribution in [3.63, 3.8) is 0 Å². The van der Waals surface area contributed by atoms with Crippen LogP contribution in [0.3, 0.4) is 0 Å². The highest BCUT2D eigenvalue weighted by Crippen LogP contribution is 2.05. The second kappa shape index (κ2) is 4.50. The summed E-state index contributed by atoms with van der Waals surface area (Å²) in [6.45, 7) is 3.01. The predicted octanol–water partition coefficient (Wildman–Crippen LogP) is 2.00. The molecule has 13 heavy (non-hydrogen) atoms. The van der Waals surface area contributed by atoms with Crippen molar-refractivity contribution < 1.29 is 9.90 Å². The van der Waals surface area contributed by atoms with E-state index >= 15 is 0 Å². The van der Waals surface area contributed by atoms with E-state index in [0.717, 1.165) is 24.7 Å². The third-order valence-electron chi connectivity index (χ3n) is 1.73. The Bertz CT molecular complexity index is 312. The lowest BCUT2D eigenvalue weighted by Gasteiger charge is -2.02. The zero-order valence-electron chi connectivity index (χ0n) is 7.60. The van der Waals surface area contributed by atoms with Crippen LogP contribution < -0.4 is 0 Å². The first-order chi connectivity index (χ1) is 6.24. The lowest BCUT2D eigenvalue weighted by Crippen LogP contribution is -1.97. The van der Waals surface area contributed by atoms with Gasteiger partial charge >= 0.3 is 5.97 Å². The van der Waals surface area contributed by atoms with Gasteiger partial charge in [-0.3, -0.25) is 0 Å². The molecule has 70 valence electrons. The zero-order chi connectivity index (χ0) is 9.68. The fourth-order valence-corrected chi connectivity index (χ4v) is 1.18. The molecule has 0 spiro atoms. The maximum Gasteiger partial charge on any atom is 0.328 e. The molecule has 1 heterocycles. The molecule has 0 unspecified atom stereocenters. The van der Waals surface area contributed by atoms with Crippen molar-refractivity contribution in [2.24, 2.45) is 0 Å². The van der Waals surface area contributed by atoms with Crippen LogP contribution in [0, 0.1) is 0 Å². The molecule has 1 rings (SSSR count). The highest BCUT2D eigenvalue weighted by Gasteiger charge is 1.95. The number of aliphatic carboxylic acids is 1. The molecule has 1 aromatic heterocycles. The Morgan fingerprint density at radius 2 is 2.46 bits per heavy atom. The van der Waals surface area contributed by atoms with E-state index in [1.54, 1.807) is 6.08 Å². The molecular weight excluding hydrogens is 166 g/mol. The zero-order valence-corrected chi connectivity index (χ0v) is 7.60. The van der Waals surface area contributed by atoms with Crippen LogP contribution >= 0.6 is 0 Å². The Labute approximate surface area is 77.3 Å². The molecule has 0 aliphatic carbocycles. The minimum absolute atomic E-state index is 0.913. The van der Waals surface area contributed by atoms with Gasteiger partial charge in [-0.05, 0) is 24.6 Å². The van der Waals surface area contributed by atoms with Crippen LogP contribution in [0.25, 0.3) is 6.08 Å². The highest BCUT2D eigenvalue weighted by molar-refractivity contribution is 5.84. The van der Waals surface area contributed by atoms with Crippen LogP contribution in [0.1, 0.15) is 19.0 Å². The van der Waals surface area contributed by atoms with Crippen LogP contribution in [-0.2, 0) is 11.3 Å². The van der Waals surface area contributed by atoms with Crippen LogP contribution in [0.2, 0.25) is 0 Å². The first kappa shape index (κ1) is 9.58. The molecule has 0 bridgehead atoms. The molecule has 0 aliphatic rings. The summed E-state index contributed by atoms with van der Waals surface area (Å²) in [5, 5.41) is 8.44. The van der Waals surface area contributed by atoms with Gasteiger partial charge in [0.1, 0.15) is 0 Å². The van der Waals surface area contributed by atoms with Crippen LogP contribution in [0.15, 0.2) is 24.4 Å². The third-order valence-corrected chi connectivity index (χ3v) is 1.73. The smallest absolute Gasteiger partial charge is 0.328 e. The van der Waals surface area contributed by atoms with Crippen molar-refractivity contribution in [2.75, 3.05) is 0 Å². The van der Waals surface area contributed by atoms with Gasteiger partial charge in [-0.15, -0.1) is 0 Å². The molecule has 0 atom stereocenters. The average Bonchev–Trinajstić information content (AvgIpc) is 2.49. The Morgan fingerprint density at radius 1 is 1.69 bits per heavy atom. The van der Waals surface area contributed by atoms with Gasteiger partial charge in [0.25, 0.3) is 0 Å². The molecule has 1 N–H and O–H groups in total. The van der Waals surface area contributed by atoms with E-state index in [4.69, 9.17) is 5.11 Å². The predicted molar refractivity (Wildman–Crippen MR) is 51.4 cm³/mol. The van der Waals surface area contributed by atoms with Crippen molar-refractivity contribution in [2.45, 2.75) is 19.9 Å². The molecule has 0 aliphatic heterocycles. The number of nitrogens with zero attached hydrogens (tertiary/aromatic N) is 1. The molecule has 0 radical (unpaired) electrons. The molecule has 3 nitrogen and oxygen atoms in total. The normalized spacial score (nSPS) is 10.8. The number of aromatic nitrogens is 1. The molecule has 0 amide bonds. The summed E-state index contributed by atoms with van der Waals surface area (Å²) in [6.07, 6.45) is 5.76. The van der Waals surface area contributed by atoms with E-state index < -0.39 is 5.97 Å². The van der Waals surface area contributed by atoms with E-state index in [1.807, 2.05) is 22.9 Å². The Morgan fingerprint density at radius 3 is 3.08 bits per heavy atom. The summed E-state index contributed by atoms with van der Waals surface area (Å²) in [5.41, 5.74) is 0.934. The van der Waals surface area contributed by atoms with Gasteiger partial charge in [0.15, 0.2) is 0 Å². The van der Waals surface area contributed by atoms with Gasteiger partial charge in [0, 0.05) is 24.5 Å². The van der Waals surface area contributed by atoms with Gasteiger partial charge in [-0.25, -0.2) is 4.79 Å². The summed E-state index contributed by atoms with van der Waals surface area (Å²) in [5.74, 6) is -0.913. The molecule has 3 heteroatoms. The van der Waals surface area contributed by atoms with Gasteiger partial charge in [0.2, 0.25) is 0 Å². The minimum Gasteiger partial charge on any atom is -0.478 e. The second-order valence-corrected chi connectivity index (χ2v) is 2.80. The van der Waals surface area contributed by atoms with E-state index in [-0.39, 0.29) is 0 Å².